The maximum Gasteiger partial charge on any atom is 0.330 e. The molecule has 1 aromatic heterocycles. The van der Waals surface area contributed by atoms with Gasteiger partial charge in [-0.1, -0.05) is 5.11 Å². The zero-order valence-electron chi connectivity index (χ0n) is 10.6. The van der Waals surface area contributed by atoms with Crippen LogP contribution >= 0.6 is 0 Å². The lowest BCUT2D eigenvalue weighted by Gasteiger charge is -2.15. The molecule has 20 heavy (non-hydrogen) atoms. The number of methoxy groups -OCH3 is 1. The van der Waals surface area contributed by atoms with Crippen molar-refractivity contribution in [3.05, 3.63) is 37.5 Å². The van der Waals surface area contributed by atoms with Crippen LogP contribution in [0.15, 0.2) is 20.9 Å². The third-order valence-corrected chi connectivity index (χ3v) is 3.05. The third kappa shape index (κ3) is 2.52. The van der Waals surface area contributed by atoms with E-state index in [-0.39, 0.29) is 18.8 Å². The number of rotatable bonds is 4. The topological polar surface area (TPSA) is 142 Å². The Hall–Kier alpha value is -2.29. The summed E-state index contributed by atoms with van der Waals surface area (Å²) in [5, 5.41) is 12.7. The van der Waals surface area contributed by atoms with Gasteiger partial charge in [-0.05, 0) is 5.53 Å². The fourth-order valence-corrected chi connectivity index (χ4v) is 2.06. The van der Waals surface area contributed by atoms with Crippen LogP contribution in [-0.2, 0) is 4.74 Å². The number of nitrogens with zero attached hydrogens (tertiary/aromatic N) is 4. The summed E-state index contributed by atoms with van der Waals surface area (Å²) in [6, 6.07) is -0.583. The molecule has 1 unspecified atom stereocenters. The summed E-state index contributed by atoms with van der Waals surface area (Å²) in [4.78, 5) is 27.9. The molecule has 108 valence electrons. The first-order valence-electron chi connectivity index (χ1n) is 5.80. The second kappa shape index (κ2) is 5.78. The van der Waals surface area contributed by atoms with Crippen LogP contribution in [-0.4, -0.2) is 40.5 Å². The van der Waals surface area contributed by atoms with Crippen LogP contribution in [0.1, 0.15) is 12.6 Å². The van der Waals surface area contributed by atoms with Gasteiger partial charge in [-0.15, -0.1) is 0 Å². The molecule has 1 aliphatic rings. The normalized spacial score (nSPS) is 25.2. The molecule has 0 radical (unpaired) electrons. The van der Waals surface area contributed by atoms with Crippen molar-refractivity contribution in [1.82, 2.24) is 9.55 Å². The maximum absolute atomic E-state index is 11.8. The minimum Gasteiger partial charge on any atom is -0.490 e. The maximum atomic E-state index is 11.8. The number of nitrogens with one attached hydrogen (secondary N) is 1. The van der Waals surface area contributed by atoms with E-state index < -0.39 is 29.6 Å². The van der Waals surface area contributed by atoms with Gasteiger partial charge in [0.15, 0.2) is 0 Å². The minimum atomic E-state index is -0.749. The Balaban J connectivity index is 2.36. The van der Waals surface area contributed by atoms with Crippen LogP contribution in [0.25, 0.3) is 10.4 Å². The van der Waals surface area contributed by atoms with Crippen LogP contribution in [0, 0.1) is 0 Å². The summed E-state index contributed by atoms with van der Waals surface area (Å²) in [6.45, 7) is -0.338. The molecule has 0 amide bonds. The number of hydrogen-bond acceptors (Lipinski definition) is 6. The van der Waals surface area contributed by atoms with E-state index in [1.807, 2.05) is 0 Å². The Morgan fingerprint density at radius 3 is 3.05 bits per heavy atom. The van der Waals surface area contributed by atoms with Crippen molar-refractivity contribution in [3.63, 3.8) is 0 Å². The monoisotopic (exact) mass is 283 g/mol. The third-order valence-electron chi connectivity index (χ3n) is 3.05. The second-order valence-corrected chi connectivity index (χ2v) is 4.18. The van der Waals surface area contributed by atoms with E-state index in [1.165, 1.54) is 13.3 Å². The standard InChI is InChI=1S/C10H13N5O5/c1-19-6-3-15(10(18)12-9(6)17)8-2-5(13-14-11)7(4-16)20-8/h3,5,7-8,16H,2,4H2,1H3,(H,12,17,18)/t5?,7-,8-/m1/s1. The molecule has 10 nitrogen and oxygen atoms in total. The van der Waals surface area contributed by atoms with Gasteiger partial charge in [0.1, 0.15) is 6.23 Å². The van der Waals surface area contributed by atoms with E-state index in [0.29, 0.717) is 0 Å². The summed E-state index contributed by atoms with van der Waals surface area (Å²) in [7, 11) is 1.30. The second-order valence-electron chi connectivity index (χ2n) is 4.18. The Morgan fingerprint density at radius 1 is 1.70 bits per heavy atom. The molecule has 2 rings (SSSR count). The molecule has 1 aromatic rings. The smallest absolute Gasteiger partial charge is 0.330 e. The number of azide groups is 1. The molecule has 1 fully saturated rings. The zero-order valence-corrected chi connectivity index (χ0v) is 10.6. The largest absolute Gasteiger partial charge is 0.490 e. The lowest BCUT2D eigenvalue weighted by atomic mass is 10.1. The number of H-pyrrole nitrogens is 1. The quantitative estimate of drug-likeness (QED) is 0.435. The van der Waals surface area contributed by atoms with Gasteiger partial charge in [0.05, 0.1) is 32.1 Å². The number of aliphatic hydroxyl groups is 1. The van der Waals surface area contributed by atoms with E-state index >= 15 is 0 Å². The fourth-order valence-electron chi connectivity index (χ4n) is 2.06. The first-order valence-corrected chi connectivity index (χ1v) is 5.80. The number of aromatic nitrogens is 2. The molecule has 2 heterocycles. The molecule has 0 bridgehead atoms. The van der Waals surface area contributed by atoms with Gasteiger partial charge in [-0.3, -0.25) is 14.3 Å². The fraction of sp³-hybridized carbons (Fsp3) is 0.600. The highest BCUT2D eigenvalue weighted by Crippen LogP contribution is 2.30. The SMILES string of the molecule is COc1cn([C@H]2CC(N=[N+]=[N-])[C@@H](CO)O2)c(=O)[nH]c1=O. The highest BCUT2D eigenvalue weighted by molar-refractivity contribution is 5.12. The molecular formula is C10H13N5O5. The van der Waals surface area contributed by atoms with Gasteiger partial charge in [0.25, 0.3) is 5.56 Å². The molecule has 0 saturated carbocycles. The first-order chi connectivity index (χ1) is 9.60. The lowest BCUT2D eigenvalue weighted by Crippen LogP contribution is -2.32. The summed E-state index contributed by atoms with van der Waals surface area (Å²) in [6.07, 6.45) is -0.00928. The average molecular weight is 283 g/mol. The molecule has 1 saturated heterocycles. The predicted octanol–water partition coefficient (Wildman–Crippen LogP) is -0.496. The van der Waals surface area contributed by atoms with Crippen LogP contribution in [0.4, 0.5) is 0 Å². The van der Waals surface area contributed by atoms with Crippen molar-refractivity contribution in [3.8, 4) is 5.75 Å². The van der Waals surface area contributed by atoms with Gasteiger partial charge in [0.2, 0.25) is 5.75 Å². The van der Waals surface area contributed by atoms with Crippen LogP contribution in [0.2, 0.25) is 0 Å². The zero-order chi connectivity index (χ0) is 14.7. The van der Waals surface area contributed by atoms with E-state index in [9.17, 15) is 9.59 Å². The van der Waals surface area contributed by atoms with Gasteiger partial charge >= 0.3 is 5.69 Å². The van der Waals surface area contributed by atoms with Crippen molar-refractivity contribution >= 4 is 0 Å². The van der Waals surface area contributed by atoms with E-state index in [1.54, 1.807) is 0 Å². The minimum absolute atomic E-state index is 0.0408. The van der Waals surface area contributed by atoms with Crippen molar-refractivity contribution in [1.29, 1.82) is 0 Å². The lowest BCUT2D eigenvalue weighted by molar-refractivity contribution is -0.0273. The summed E-state index contributed by atoms with van der Waals surface area (Å²) in [5.74, 6) is -0.0408. The van der Waals surface area contributed by atoms with E-state index in [0.717, 1.165) is 4.57 Å². The number of aliphatic hydroxyl groups excluding tert-OH is 1. The average Bonchev–Trinajstić information content (AvgIpc) is 2.82. The number of ether oxygens (including phenoxy) is 2. The molecule has 0 aromatic carbocycles. The Kier molecular flexibility index (Phi) is 4.08. The molecule has 0 spiro atoms. The predicted molar refractivity (Wildman–Crippen MR) is 66.4 cm³/mol. The summed E-state index contributed by atoms with van der Waals surface area (Å²) in [5.41, 5.74) is 7.15. The molecule has 0 aliphatic carbocycles. The highest BCUT2D eigenvalue weighted by atomic mass is 16.5. The molecule has 10 heteroatoms. The first kappa shape index (κ1) is 14.1. The number of aromatic amines is 1. The molecule has 1 aliphatic heterocycles. The Morgan fingerprint density at radius 2 is 2.45 bits per heavy atom. The van der Waals surface area contributed by atoms with E-state index in [2.05, 4.69) is 15.0 Å². The van der Waals surface area contributed by atoms with Crippen LogP contribution in [0.3, 0.4) is 0 Å². The molecule has 3 atom stereocenters. The Labute approximate surface area is 112 Å². The van der Waals surface area contributed by atoms with E-state index in [4.69, 9.17) is 20.1 Å². The van der Waals surface area contributed by atoms with Gasteiger partial charge in [-0.2, -0.15) is 0 Å². The van der Waals surface area contributed by atoms with Crippen LogP contribution in [0.5, 0.6) is 5.75 Å². The highest BCUT2D eigenvalue weighted by Gasteiger charge is 2.35. The number of hydrogen-bond donors (Lipinski definition) is 2. The molecular weight excluding hydrogens is 270 g/mol. The van der Waals surface area contributed by atoms with Gasteiger partial charge in [0, 0.05) is 11.3 Å². The van der Waals surface area contributed by atoms with Crippen molar-refractivity contribution in [2.75, 3.05) is 13.7 Å². The molecule has 2 N–H and O–H groups in total. The van der Waals surface area contributed by atoms with Crippen molar-refractivity contribution in [2.45, 2.75) is 24.8 Å². The van der Waals surface area contributed by atoms with Gasteiger partial charge in [-0.25, -0.2) is 4.79 Å². The Bertz CT molecular complexity index is 646. The van der Waals surface area contributed by atoms with Crippen LogP contribution < -0.4 is 16.0 Å². The summed E-state index contributed by atoms with van der Waals surface area (Å²) >= 11 is 0. The summed E-state index contributed by atoms with van der Waals surface area (Å²) < 4.78 is 11.4. The van der Waals surface area contributed by atoms with Crippen molar-refractivity contribution in [2.24, 2.45) is 5.11 Å². The van der Waals surface area contributed by atoms with Crippen molar-refractivity contribution < 1.29 is 14.6 Å². The van der Waals surface area contributed by atoms with Gasteiger partial charge < -0.3 is 14.6 Å².